The minimum Gasteiger partial charge on any atom is -0.508 e. The molecule has 3 aliphatic rings. The Balaban J connectivity index is 1.75. The van der Waals surface area contributed by atoms with E-state index in [0.717, 1.165) is 0 Å². The maximum atomic E-state index is 13.8. The van der Waals surface area contributed by atoms with E-state index in [4.69, 9.17) is 5.73 Å². The summed E-state index contributed by atoms with van der Waals surface area (Å²) < 4.78 is 0. The van der Waals surface area contributed by atoms with Crippen LogP contribution in [0.3, 0.4) is 0 Å². The van der Waals surface area contributed by atoms with Gasteiger partial charge in [0.05, 0.1) is 17.3 Å². The molecule has 11 nitrogen and oxygen atoms in total. The van der Waals surface area contributed by atoms with Crippen molar-refractivity contribution in [1.82, 2.24) is 15.1 Å². The lowest BCUT2D eigenvalue weighted by molar-refractivity contribution is -0.153. The van der Waals surface area contributed by atoms with Gasteiger partial charge < -0.3 is 26.2 Å². The molecule has 0 aliphatic heterocycles. The van der Waals surface area contributed by atoms with Crippen molar-refractivity contribution in [2.75, 3.05) is 14.1 Å². The fraction of sp³-hybridized carbons (Fsp3) is 0.333. The lowest BCUT2D eigenvalue weighted by Gasteiger charge is -2.50. The Kier molecular flexibility index (Phi) is 4.90. The van der Waals surface area contributed by atoms with Gasteiger partial charge in [-0.15, -0.1) is 0 Å². The highest BCUT2D eigenvalue weighted by Crippen LogP contribution is 2.53. The number of hydrogen-bond donors (Lipinski definition) is 6. The van der Waals surface area contributed by atoms with E-state index in [9.17, 15) is 34.8 Å². The number of phenolic OH excluding ortho intramolecular Hbond substituents is 1. The topological polar surface area (TPSA) is 190 Å². The van der Waals surface area contributed by atoms with E-state index in [0.29, 0.717) is 16.8 Å². The summed E-state index contributed by atoms with van der Waals surface area (Å²) in [5, 5.41) is 51.0. The maximum Gasteiger partial charge on any atom is 0.255 e. The molecule has 1 heterocycles. The van der Waals surface area contributed by atoms with Gasteiger partial charge >= 0.3 is 0 Å². The number of likely N-dealkylation sites (N-methyl/N-ethyl adjacent to an activating group) is 1. The van der Waals surface area contributed by atoms with Gasteiger partial charge in [-0.3, -0.25) is 24.4 Å². The molecule has 1 aromatic heterocycles. The van der Waals surface area contributed by atoms with Crippen molar-refractivity contribution in [1.29, 1.82) is 0 Å². The van der Waals surface area contributed by atoms with Crippen molar-refractivity contribution in [2.24, 2.45) is 17.6 Å². The average molecular weight is 480 g/mol. The van der Waals surface area contributed by atoms with Gasteiger partial charge in [-0.1, -0.05) is 0 Å². The lowest BCUT2D eigenvalue weighted by Crippen LogP contribution is -2.65. The zero-order valence-corrected chi connectivity index (χ0v) is 18.9. The van der Waals surface area contributed by atoms with Gasteiger partial charge in [0, 0.05) is 23.3 Å². The molecular formula is C24H24N4O7. The molecule has 1 saturated carbocycles. The largest absolute Gasteiger partial charge is 0.508 e. The smallest absolute Gasteiger partial charge is 0.255 e. The van der Waals surface area contributed by atoms with E-state index in [-0.39, 0.29) is 29.7 Å². The Labute approximate surface area is 199 Å². The molecule has 0 radical (unpaired) electrons. The zero-order valence-electron chi connectivity index (χ0n) is 18.9. The fourth-order valence-electron chi connectivity index (χ4n) is 5.90. The number of aromatic nitrogens is 2. The van der Waals surface area contributed by atoms with Crippen LogP contribution in [-0.4, -0.2) is 78.7 Å². The molecule has 0 saturated heterocycles. The molecule has 182 valence electrons. The summed E-state index contributed by atoms with van der Waals surface area (Å²) in [7, 11) is 3.11. The van der Waals surface area contributed by atoms with Crippen LogP contribution >= 0.6 is 0 Å². The number of nitrogens with one attached hydrogen (secondary N) is 1. The number of fused-ring (bicyclic) bond motifs is 3. The first-order valence-electron chi connectivity index (χ1n) is 11.0. The Morgan fingerprint density at radius 1 is 1.20 bits per heavy atom. The number of primary amides is 1. The number of phenols is 1. The van der Waals surface area contributed by atoms with Crippen molar-refractivity contribution < 1.29 is 34.8 Å². The summed E-state index contributed by atoms with van der Waals surface area (Å²) in [6.45, 7) is 0. The third-order valence-electron chi connectivity index (χ3n) is 7.40. The predicted octanol–water partition coefficient (Wildman–Crippen LogP) is 0.354. The summed E-state index contributed by atoms with van der Waals surface area (Å²) >= 11 is 0. The Hall–Kier alpha value is -3.96. The number of hydrogen-bond acceptors (Lipinski definition) is 9. The van der Waals surface area contributed by atoms with Gasteiger partial charge in [0.1, 0.15) is 22.8 Å². The molecule has 4 atom stereocenters. The number of benzene rings is 1. The highest BCUT2D eigenvalue weighted by molar-refractivity contribution is 6.24. The van der Waals surface area contributed by atoms with Gasteiger partial charge in [-0.2, -0.15) is 5.10 Å². The average Bonchev–Trinajstić information content (AvgIpc) is 3.30. The molecule has 3 aliphatic carbocycles. The first-order valence-corrected chi connectivity index (χ1v) is 11.0. The number of Topliss-reactive ketones (excluding diaryl/α,β-unsaturated/α-hetero) is 2. The summed E-state index contributed by atoms with van der Waals surface area (Å²) in [5.74, 6) is -6.75. The second-order valence-electron chi connectivity index (χ2n) is 9.42. The molecule has 1 fully saturated rings. The summed E-state index contributed by atoms with van der Waals surface area (Å²) in [6.07, 6.45) is 1.80. The molecule has 1 aromatic carbocycles. The molecule has 0 bridgehead atoms. The summed E-state index contributed by atoms with van der Waals surface area (Å²) in [6, 6.07) is 3.65. The highest BCUT2D eigenvalue weighted by atomic mass is 16.3. The van der Waals surface area contributed by atoms with Crippen molar-refractivity contribution >= 4 is 23.2 Å². The van der Waals surface area contributed by atoms with Gasteiger partial charge in [0.2, 0.25) is 5.78 Å². The Morgan fingerprint density at radius 3 is 2.51 bits per heavy atom. The van der Waals surface area contributed by atoms with Gasteiger partial charge in [0.15, 0.2) is 11.4 Å². The number of aromatic hydroxyl groups is 1. The van der Waals surface area contributed by atoms with Crippen LogP contribution in [0, 0.1) is 11.8 Å². The maximum absolute atomic E-state index is 13.8. The number of carbonyl (C=O) groups is 3. The monoisotopic (exact) mass is 480 g/mol. The number of amides is 1. The van der Waals surface area contributed by atoms with E-state index in [2.05, 4.69) is 10.2 Å². The van der Waals surface area contributed by atoms with E-state index < -0.39 is 58.0 Å². The van der Waals surface area contributed by atoms with Crippen molar-refractivity contribution in [2.45, 2.75) is 24.5 Å². The molecule has 35 heavy (non-hydrogen) atoms. The minimum absolute atomic E-state index is 0.0316. The van der Waals surface area contributed by atoms with E-state index >= 15 is 0 Å². The van der Waals surface area contributed by atoms with Gasteiger partial charge in [-0.25, -0.2) is 0 Å². The molecule has 0 unspecified atom stereocenters. The highest BCUT2D eigenvalue weighted by Gasteiger charge is 2.64. The van der Waals surface area contributed by atoms with Crippen LogP contribution in [0.2, 0.25) is 0 Å². The van der Waals surface area contributed by atoms with Crippen LogP contribution < -0.4 is 5.73 Å². The number of aliphatic hydroxyl groups is 3. The van der Waals surface area contributed by atoms with Crippen molar-refractivity contribution in [3.8, 4) is 17.0 Å². The molecule has 0 spiro atoms. The molecule has 5 rings (SSSR count). The summed E-state index contributed by atoms with van der Waals surface area (Å²) in [5.41, 5.74) is 3.56. The Morgan fingerprint density at radius 2 is 1.91 bits per heavy atom. The SMILES string of the molecule is CN(C)[C@@H]1C(=O)C(C(N)=O)=C(O)[C@@]2(O)C(=O)C3=C(O)c4c(O)ccc(-c5ccn[nH]5)c4C[C@H]3C[C@@H]12. The molecule has 1 amide bonds. The zero-order chi connectivity index (χ0) is 25.4. The second kappa shape index (κ2) is 7.52. The van der Waals surface area contributed by atoms with Gasteiger partial charge in [-0.05, 0) is 56.6 Å². The molecular weight excluding hydrogens is 456 g/mol. The van der Waals surface area contributed by atoms with Crippen LogP contribution in [0.4, 0.5) is 0 Å². The summed E-state index contributed by atoms with van der Waals surface area (Å²) in [4.78, 5) is 40.4. The minimum atomic E-state index is -2.65. The quantitative estimate of drug-likeness (QED) is 0.337. The lowest BCUT2D eigenvalue weighted by atomic mass is 9.57. The van der Waals surface area contributed by atoms with E-state index in [1.165, 1.54) is 11.0 Å². The fourth-order valence-corrected chi connectivity index (χ4v) is 5.90. The number of H-pyrrole nitrogens is 1. The number of carbonyl (C=O) groups excluding carboxylic acids is 3. The Bertz CT molecular complexity index is 1360. The van der Waals surface area contributed by atoms with Crippen molar-refractivity contribution in [3.63, 3.8) is 0 Å². The third kappa shape index (κ3) is 2.91. The van der Waals surface area contributed by atoms with Gasteiger partial charge in [0.25, 0.3) is 5.91 Å². The number of nitrogens with zero attached hydrogens (tertiary/aromatic N) is 2. The van der Waals surface area contributed by atoms with E-state index in [1.807, 2.05) is 0 Å². The number of rotatable bonds is 3. The molecule has 11 heteroatoms. The van der Waals surface area contributed by atoms with Crippen LogP contribution in [0.5, 0.6) is 5.75 Å². The molecule has 2 aromatic rings. The van der Waals surface area contributed by atoms with E-state index in [1.54, 1.807) is 32.4 Å². The van der Waals surface area contributed by atoms with Crippen LogP contribution in [0.15, 0.2) is 41.3 Å². The van der Waals surface area contributed by atoms with Crippen LogP contribution in [0.1, 0.15) is 17.5 Å². The normalized spacial score (nSPS) is 28.2. The third-order valence-corrected chi connectivity index (χ3v) is 7.40. The van der Waals surface area contributed by atoms with Crippen LogP contribution in [0.25, 0.3) is 17.0 Å². The van der Waals surface area contributed by atoms with Crippen LogP contribution in [-0.2, 0) is 20.8 Å². The molecule has 7 N–H and O–H groups in total. The number of ketones is 2. The standard InChI is InChI=1S/C24H24N4O7/c1-28(2)18-12-8-9-7-11-10(13-5-6-26-27-13)3-4-14(29)16(11)19(30)15(9)21(32)24(12,35)22(33)17(20(18)31)23(25)34/h3-6,9,12,18,29-30,33,35H,7-8H2,1-2H3,(H2,25,34)(H,26,27)/t9-,12-,18-,24-/m0/s1. The second-order valence-corrected chi connectivity index (χ2v) is 9.42. The number of aliphatic hydroxyl groups excluding tert-OH is 2. The first kappa shape index (κ1) is 22.8. The first-order chi connectivity index (χ1) is 16.5. The number of aromatic amines is 1. The van der Waals surface area contributed by atoms with Crippen molar-refractivity contribution in [3.05, 3.63) is 52.4 Å². The predicted molar refractivity (Wildman–Crippen MR) is 122 cm³/mol. The number of nitrogens with two attached hydrogens (primary N) is 1.